The summed E-state index contributed by atoms with van der Waals surface area (Å²) >= 11 is 1.72. The molecule has 0 aliphatic rings. The van der Waals surface area contributed by atoms with Crippen molar-refractivity contribution in [3.05, 3.63) is 51.5 Å². The highest BCUT2D eigenvalue weighted by Crippen LogP contribution is 2.09. The Kier molecular flexibility index (Phi) is 5.51. The number of thiazole rings is 1. The van der Waals surface area contributed by atoms with Gasteiger partial charge in [0.2, 0.25) is 0 Å². The Morgan fingerprint density at radius 3 is 2.58 bits per heavy atom. The molecule has 0 saturated heterocycles. The molecule has 0 radical (unpaired) electrons. The molecule has 3 nitrogen and oxygen atoms in total. The summed E-state index contributed by atoms with van der Waals surface area (Å²) in [5.41, 5.74) is 9.52. The van der Waals surface area contributed by atoms with E-state index in [1.54, 1.807) is 11.3 Å². The third-order valence-corrected chi connectivity index (χ3v) is 3.96. The van der Waals surface area contributed by atoms with Gasteiger partial charge in [-0.05, 0) is 31.0 Å². The SMILES string of the molecule is Cc1nc(CCNCCc2ccccc2CN)cs1. The van der Waals surface area contributed by atoms with Gasteiger partial charge in [-0.3, -0.25) is 0 Å². The first kappa shape index (κ1) is 14.2. The molecule has 102 valence electrons. The molecule has 2 aromatic rings. The van der Waals surface area contributed by atoms with Crippen molar-refractivity contribution < 1.29 is 0 Å². The molecule has 19 heavy (non-hydrogen) atoms. The lowest BCUT2D eigenvalue weighted by Crippen LogP contribution is -2.20. The Morgan fingerprint density at radius 2 is 1.89 bits per heavy atom. The highest BCUT2D eigenvalue weighted by atomic mass is 32.1. The minimum Gasteiger partial charge on any atom is -0.326 e. The summed E-state index contributed by atoms with van der Waals surface area (Å²) in [6.07, 6.45) is 2.03. The lowest BCUT2D eigenvalue weighted by molar-refractivity contribution is 0.674. The Balaban J connectivity index is 1.69. The molecule has 0 atom stereocenters. The van der Waals surface area contributed by atoms with Crippen LogP contribution in [0, 0.1) is 6.92 Å². The topological polar surface area (TPSA) is 50.9 Å². The second kappa shape index (κ2) is 7.38. The van der Waals surface area contributed by atoms with Crippen molar-refractivity contribution in [3.63, 3.8) is 0 Å². The number of benzene rings is 1. The van der Waals surface area contributed by atoms with Crippen molar-refractivity contribution in [2.24, 2.45) is 5.73 Å². The molecule has 3 N–H and O–H groups in total. The summed E-state index contributed by atoms with van der Waals surface area (Å²) < 4.78 is 0. The summed E-state index contributed by atoms with van der Waals surface area (Å²) in [5.74, 6) is 0. The molecular formula is C15H21N3S. The average molecular weight is 275 g/mol. The van der Waals surface area contributed by atoms with E-state index in [0.29, 0.717) is 6.54 Å². The second-order valence-electron chi connectivity index (χ2n) is 4.58. The van der Waals surface area contributed by atoms with Gasteiger partial charge >= 0.3 is 0 Å². The lowest BCUT2D eigenvalue weighted by Gasteiger charge is -2.08. The molecule has 0 bridgehead atoms. The Hall–Kier alpha value is -1.23. The third kappa shape index (κ3) is 4.42. The van der Waals surface area contributed by atoms with E-state index < -0.39 is 0 Å². The Morgan fingerprint density at radius 1 is 1.16 bits per heavy atom. The fourth-order valence-electron chi connectivity index (χ4n) is 2.09. The second-order valence-corrected chi connectivity index (χ2v) is 5.64. The van der Waals surface area contributed by atoms with Gasteiger partial charge in [0.1, 0.15) is 0 Å². The number of rotatable bonds is 7. The highest BCUT2D eigenvalue weighted by Gasteiger charge is 2.00. The van der Waals surface area contributed by atoms with Crippen LogP contribution in [0.1, 0.15) is 21.8 Å². The molecule has 0 fully saturated rings. The zero-order valence-corrected chi connectivity index (χ0v) is 12.2. The monoisotopic (exact) mass is 275 g/mol. The largest absolute Gasteiger partial charge is 0.326 e. The van der Waals surface area contributed by atoms with Gasteiger partial charge in [-0.15, -0.1) is 11.3 Å². The minimum absolute atomic E-state index is 0.619. The van der Waals surface area contributed by atoms with E-state index in [0.717, 1.165) is 30.9 Å². The summed E-state index contributed by atoms with van der Waals surface area (Å²) in [6.45, 7) is 4.63. The zero-order chi connectivity index (χ0) is 13.5. The van der Waals surface area contributed by atoms with Crippen molar-refractivity contribution in [2.75, 3.05) is 13.1 Å². The fourth-order valence-corrected chi connectivity index (χ4v) is 2.74. The molecule has 0 saturated carbocycles. The number of nitrogens with two attached hydrogens (primary N) is 1. The Labute approximate surface area is 118 Å². The van der Waals surface area contributed by atoms with E-state index in [9.17, 15) is 0 Å². The zero-order valence-electron chi connectivity index (χ0n) is 11.4. The van der Waals surface area contributed by atoms with Crippen molar-refractivity contribution in [3.8, 4) is 0 Å². The van der Waals surface area contributed by atoms with Crippen LogP contribution in [0.5, 0.6) is 0 Å². The smallest absolute Gasteiger partial charge is 0.0897 e. The van der Waals surface area contributed by atoms with Crippen LogP contribution in [-0.4, -0.2) is 18.1 Å². The average Bonchev–Trinajstić information content (AvgIpc) is 2.84. The van der Waals surface area contributed by atoms with Crippen LogP contribution in [-0.2, 0) is 19.4 Å². The highest BCUT2D eigenvalue weighted by molar-refractivity contribution is 7.09. The van der Waals surface area contributed by atoms with E-state index in [1.165, 1.54) is 16.8 Å². The first-order chi connectivity index (χ1) is 9.29. The van der Waals surface area contributed by atoms with Crippen LogP contribution in [0.2, 0.25) is 0 Å². The number of hydrogen-bond donors (Lipinski definition) is 2. The van der Waals surface area contributed by atoms with Crippen LogP contribution in [0.15, 0.2) is 29.6 Å². The van der Waals surface area contributed by atoms with E-state index >= 15 is 0 Å². The summed E-state index contributed by atoms with van der Waals surface area (Å²) in [4.78, 5) is 4.46. The van der Waals surface area contributed by atoms with Gasteiger partial charge in [-0.2, -0.15) is 0 Å². The summed E-state index contributed by atoms with van der Waals surface area (Å²) in [6, 6.07) is 8.39. The number of aromatic nitrogens is 1. The van der Waals surface area contributed by atoms with Crippen molar-refractivity contribution in [1.82, 2.24) is 10.3 Å². The predicted molar refractivity (Wildman–Crippen MR) is 81.5 cm³/mol. The molecular weight excluding hydrogens is 254 g/mol. The van der Waals surface area contributed by atoms with Gasteiger partial charge in [0, 0.05) is 24.9 Å². The standard InChI is InChI=1S/C15H21N3S/c1-12-18-15(11-19-12)7-9-17-8-6-13-4-2-3-5-14(13)10-16/h2-5,11,17H,6-10,16H2,1H3. The molecule has 2 rings (SSSR count). The fraction of sp³-hybridized carbons (Fsp3) is 0.400. The van der Waals surface area contributed by atoms with Gasteiger partial charge in [-0.25, -0.2) is 4.98 Å². The molecule has 1 aromatic carbocycles. The third-order valence-electron chi connectivity index (χ3n) is 3.13. The van der Waals surface area contributed by atoms with Gasteiger partial charge in [0.25, 0.3) is 0 Å². The molecule has 0 aliphatic heterocycles. The molecule has 0 aliphatic carbocycles. The van der Waals surface area contributed by atoms with Gasteiger partial charge in [-0.1, -0.05) is 24.3 Å². The van der Waals surface area contributed by atoms with Crippen molar-refractivity contribution >= 4 is 11.3 Å². The van der Waals surface area contributed by atoms with Gasteiger partial charge in [0.05, 0.1) is 10.7 Å². The first-order valence-corrected chi connectivity index (χ1v) is 7.56. The number of hydrogen-bond acceptors (Lipinski definition) is 4. The Bertz CT molecular complexity index is 508. The molecule has 4 heteroatoms. The van der Waals surface area contributed by atoms with Crippen LogP contribution in [0.3, 0.4) is 0 Å². The quantitative estimate of drug-likeness (QED) is 0.762. The van der Waals surface area contributed by atoms with Gasteiger partial charge in [0.15, 0.2) is 0 Å². The van der Waals surface area contributed by atoms with Crippen molar-refractivity contribution in [2.45, 2.75) is 26.3 Å². The summed E-state index contributed by atoms with van der Waals surface area (Å²) in [7, 11) is 0. The number of aryl methyl sites for hydroxylation is 1. The number of nitrogens with one attached hydrogen (secondary N) is 1. The van der Waals surface area contributed by atoms with Crippen LogP contribution < -0.4 is 11.1 Å². The van der Waals surface area contributed by atoms with Crippen LogP contribution in [0.25, 0.3) is 0 Å². The van der Waals surface area contributed by atoms with E-state index in [1.807, 2.05) is 13.0 Å². The van der Waals surface area contributed by atoms with E-state index in [2.05, 4.69) is 33.9 Å². The molecule has 1 heterocycles. The lowest BCUT2D eigenvalue weighted by atomic mass is 10.0. The molecule has 0 amide bonds. The van der Waals surface area contributed by atoms with E-state index in [-0.39, 0.29) is 0 Å². The maximum Gasteiger partial charge on any atom is 0.0897 e. The predicted octanol–water partition coefficient (Wildman–Crippen LogP) is 2.29. The van der Waals surface area contributed by atoms with Crippen LogP contribution in [0.4, 0.5) is 0 Å². The molecule has 1 aromatic heterocycles. The first-order valence-electron chi connectivity index (χ1n) is 6.68. The molecule has 0 unspecified atom stereocenters. The van der Waals surface area contributed by atoms with E-state index in [4.69, 9.17) is 5.73 Å². The molecule has 0 spiro atoms. The van der Waals surface area contributed by atoms with Crippen LogP contribution >= 0.6 is 11.3 Å². The van der Waals surface area contributed by atoms with Crippen molar-refractivity contribution in [1.29, 1.82) is 0 Å². The van der Waals surface area contributed by atoms with Gasteiger partial charge < -0.3 is 11.1 Å². The normalized spacial score (nSPS) is 10.8. The summed E-state index contributed by atoms with van der Waals surface area (Å²) in [5, 5.41) is 6.75. The maximum absolute atomic E-state index is 5.73. The minimum atomic E-state index is 0.619. The maximum atomic E-state index is 5.73. The number of nitrogens with zero attached hydrogens (tertiary/aromatic N) is 1.